The first-order valence-corrected chi connectivity index (χ1v) is 7.35. The molecule has 3 rings (SSSR count). The summed E-state index contributed by atoms with van der Waals surface area (Å²) in [5.41, 5.74) is 0.210. The van der Waals surface area contributed by atoms with Crippen molar-refractivity contribution in [1.82, 2.24) is 14.1 Å². The smallest absolute Gasteiger partial charge is 0.294 e. The molecule has 0 aliphatic heterocycles. The van der Waals surface area contributed by atoms with Crippen molar-refractivity contribution in [1.29, 1.82) is 0 Å². The lowest BCUT2D eigenvalue weighted by Gasteiger charge is -2.30. The molecule has 0 aromatic carbocycles. The maximum absolute atomic E-state index is 12.8. The first kappa shape index (κ1) is 15.2. The van der Waals surface area contributed by atoms with E-state index in [-0.39, 0.29) is 23.4 Å². The van der Waals surface area contributed by atoms with Crippen molar-refractivity contribution < 1.29 is 4.79 Å². The monoisotopic (exact) mass is 311 g/mol. The fraction of sp³-hybridized carbons (Fsp3) is 0.412. The van der Waals surface area contributed by atoms with Gasteiger partial charge in [-0.05, 0) is 17.4 Å². The Bertz CT molecular complexity index is 1000. The first-order valence-electron chi connectivity index (χ1n) is 7.35. The zero-order valence-corrected chi connectivity index (χ0v) is 13.3. The summed E-state index contributed by atoms with van der Waals surface area (Å²) in [7, 11) is 1.55. The van der Waals surface area contributed by atoms with Gasteiger partial charge in [0.15, 0.2) is 5.78 Å². The van der Waals surface area contributed by atoms with Crippen LogP contribution in [0.4, 0.5) is 0 Å². The highest BCUT2D eigenvalue weighted by Crippen LogP contribution is 2.36. The third-order valence-corrected chi connectivity index (χ3v) is 4.31. The molecule has 0 unspecified atom stereocenters. The molecular formula is C17H17N3O3. The largest absolute Gasteiger partial charge is 0.333 e. The predicted molar refractivity (Wildman–Crippen MR) is 86.5 cm³/mol. The second-order valence-electron chi connectivity index (χ2n) is 6.73. The SMILES string of the molecule is C#CCn1c(=O)c2c3c(cnc2n(C)c1=O)C(=O)CC(C)(C)C3. The molecule has 2 aromatic heterocycles. The number of pyridine rings is 1. The van der Waals surface area contributed by atoms with E-state index in [1.807, 2.05) is 13.8 Å². The van der Waals surface area contributed by atoms with Gasteiger partial charge in [0.2, 0.25) is 0 Å². The molecule has 2 aromatic rings. The lowest BCUT2D eigenvalue weighted by atomic mass is 9.73. The molecule has 0 atom stereocenters. The highest BCUT2D eigenvalue weighted by atomic mass is 16.2. The summed E-state index contributed by atoms with van der Waals surface area (Å²) < 4.78 is 2.32. The first-order chi connectivity index (χ1) is 10.8. The summed E-state index contributed by atoms with van der Waals surface area (Å²) in [5.74, 6) is 2.30. The van der Waals surface area contributed by atoms with Crippen molar-refractivity contribution in [2.45, 2.75) is 33.2 Å². The molecule has 2 heterocycles. The van der Waals surface area contributed by atoms with E-state index in [0.717, 1.165) is 4.57 Å². The minimum atomic E-state index is -0.505. The van der Waals surface area contributed by atoms with Gasteiger partial charge in [0.05, 0.1) is 11.9 Å². The van der Waals surface area contributed by atoms with Crippen molar-refractivity contribution >= 4 is 16.8 Å². The maximum atomic E-state index is 12.8. The van der Waals surface area contributed by atoms with E-state index in [1.165, 1.54) is 10.8 Å². The van der Waals surface area contributed by atoms with Crippen LogP contribution in [0.2, 0.25) is 0 Å². The lowest BCUT2D eigenvalue weighted by molar-refractivity contribution is 0.0912. The zero-order chi connectivity index (χ0) is 16.9. The van der Waals surface area contributed by atoms with Crippen LogP contribution >= 0.6 is 0 Å². The van der Waals surface area contributed by atoms with E-state index in [9.17, 15) is 14.4 Å². The summed E-state index contributed by atoms with van der Waals surface area (Å²) >= 11 is 0. The Kier molecular flexibility index (Phi) is 3.25. The van der Waals surface area contributed by atoms with Crippen LogP contribution < -0.4 is 11.2 Å². The molecule has 118 valence electrons. The zero-order valence-electron chi connectivity index (χ0n) is 13.3. The van der Waals surface area contributed by atoms with Gasteiger partial charge in [-0.25, -0.2) is 14.3 Å². The van der Waals surface area contributed by atoms with Crippen LogP contribution in [0.1, 0.15) is 36.2 Å². The number of aryl methyl sites for hydroxylation is 1. The van der Waals surface area contributed by atoms with Gasteiger partial charge in [-0.2, -0.15) is 0 Å². The van der Waals surface area contributed by atoms with Gasteiger partial charge >= 0.3 is 5.69 Å². The number of nitrogens with zero attached hydrogens (tertiary/aromatic N) is 3. The van der Waals surface area contributed by atoms with Crippen LogP contribution in [0, 0.1) is 17.8 Å². The molecule has 6 nitrogen and oxygen atoms in total. The number of aromatic nitrogens is 3. The Balaban J connectivity index is 2.50. The van der Waals surface area contributed by atoms with E-state index in [1.54, 1.807) is 7.05 Å². The fourth-order valence-corrected chi connectivity index (χ4v) is 3.24. The topological polar surface area (TPSA) is 74.0 Å². The summed E-state index contributed by atoms with van der Waals surface area (Å²) in [6.07, 6.45) is 7.73. The van der Waals surface area contributed by atoms with E-state index >= 15 is 0 Å². The number of hydrogen-bond acceptors (Lipinski definition) is 4. The van der Waals surface area contributed by atoms with Crippen molar-refractivity contribution in [3.05, 3.63) is 38.2 Å². The normalized spacial score (nSPS) is 16.2. The average Bonchev–Trinajstić information content (AvgIpc) is 2.47. The van der Waals surface area contributed by atoms with Crippen molar-refractivity contribution in [3.8, 4) is 12.3 Å². The number of rotatable bonds is 1. The van der Waals surface area contributed by atoms with Crippen molar-refractivity contribution in [2.75, 3.05) is 0 Å². The van der Waals surface area contributed by atoms with E-state index in [0.29, 0.717) is 29.4 Å². The predicted octanol–water partition coefficient (Wildman–Crippen LogP) is 0.883. The molecule has 1 aliphatic carbocycles. The molecule has 0 N–H and O–H groups in total. The highest BCUT2D eigenvalue weighted by Gasteiger charge is 2.33. The fourth-order valence-electron chi connectivity index (χ4n) is 3.24. The molecule has 6 heteroatoms. The number of fused-ring (bicyclic) bond motifs is 3. The molecule has 0 amide bonds. The molecule has 0 saturated carbocycles. The Morgan fingerprint density at radius 3 is 2.65 bits per heavy atom. The number of hydrogen-bond donors (Lipinski definition) is 0. The number of Topliss-reactive ketones (excluding diaryl/α,β-unsaturated/α-hetero) is 1. The molecule has 23 heavy (non-hydrogen) atoms. The summed E-state index contributed by atoms with van der Waals surface area (Å²) in [6, 6.07) is 0. The van der Waals surface area contributed by atoms with E-state index in [4.69, 9.17) is 6.42 Å². The molecule has 0 fully saturated rings. The van der Waals surface area contributed by atoms with E-state index < -0.39 is 11.2 Å². The second kappa shape index (κ2) is 4.92. The van der Waals surface area contributed by atoms with Crippen molar-refractivity contribution in [2.24, 2.45) is 12.5 Å². The summed E-state index contributed by atoms with van der Waals surface area (Å²) in [4.78, 5) is 41.6. The summed E-state index contributed by atoms with van der Waals surface area (Å²) in [5, 5.41) is 0.320. The number of carbonyl (C=O) groups is 1. The number of carbonyl (C=O) groups excluding carboxylic acids is 1. The molecule has 0 spiro atoms. The second-order valence-corrected chi connectivity index (χ2v) is 6.73. The number of terminal acetylenes is 1. The lowest BCUT2D eigenvalue weighted by Crippen LogP contribution is -2.40. The van der Waals surface area contributed by atoms with Crippen LogP contribution in [0.15, 0.2) is 15.8 Å². The standard InChI is InChI=1S/C17H17N3O3/c1-5-6-20-15(22)13-10-7-17(2,3)8-12(21)11(10)9-18-14(13)19(4)16(20)23/h1,9H,6-8H2,2-4H3. The Morgan fingerprint density at radius 2 is 2.00 bits per heavy atom. The van der Waals surface area contributed by atoms with Crippen LogP contribution in [0.3, 0.4) is 0 Å². The molecule has 0 radical (unpaired) electrons. The van der Waals surface area contributed by atoms with Gasteiger partial charge in [0, 0.05) is 25.2 Å². The molecule has 0 saturated heterocycles. The van der Waals surface area contributed by atoms with Gasteiger partial charge in [-0.15, -0.1) is 6.42 Å². The Labute approximate surface area is 132 Å². The maximum Gasteiger partial charge on any atom is 0.333 e. The minimum absolute atomic E-state index is 0.0256. The third kappa shape index (κ3) is 2.20. The Hall–Kier alpha value is -2.68. The molecule has 0 bridgehead atoms. The Morgan fingerprint density at radius 1 is 1.30 bits per heavy atom. The van der Waals surface area contributed by atoms with Gasteiger partial charge in [0.25, 0.3) is 5.56 Å². The number of ketones is 1. The van der Waals surface area contributed by atoms with Gasteiger partial charge < -0.3 is 0 Å². The van der Waals surface area contributed by atoms with Crippen LogP contribution in [0.5, 0.6) is 0 Å². The van der Waals surface area contributed by atoms with Gasteiger partial charge in [-0.3, -0.25) is 14.2 Å². The average molecular weight is 311 g/mol. The van der Waals surface area contributed by atoms with E-state index in [2.05, 4.69) is 10.9 Å². The minimum Gasteiger partial charge on any atom is -0.294 e. The van der Waals surface area contributed by atoms with Crippen molar-refractivity contribution in [3.63, 3.8) is 0 Å². The van der Waals surface area contributed by atoms with Gasteiger partial charge in [0.1, 0.15) is 5.65 Å². The molecular weight excluding hydrogens is 294 g/mol. The third-order valence-electron chi connectivity index (χ3n) is 4.31. The van der Waals surface area contributed by atoms with Crippen LogP contribution in [0.25, 0.3) is 11.0 Å². The van der Waals surface area contributed by atoms with Crippen LogP contribution in [-0.2, 0) is 20.0 Å². The van der Waals surface area contributed by atoms with Gasteiger partial charge in [-0.1, -0.05) is 19.8 Å². The highest BCUT2D eigenvalue weighted by molar-refractivity contribution is 6.02. The summed E-state index contributed by atoms with van der Waals surface area (Å²) in [6.45, 7) is 3.87. The van der Waals surface area contributed by atoms with Crippen LogP contribution in [-0.4, -0.2) is 19.9 Å². The quantitative estimate of drug-likeness (QED) is 0.733. The molecule has 1 aliphatic rings.